The maximum absolute atomic E-state index is 10.1. The van der Waals surface area contributed by atoms with Gasteiger partial charge in [0.2, 0.25) is 0 Å². The molecule has 17 heavy (non-hydrogen) atoms. The molecule has 0 amide bonds. The van der Waals surface area contributed by atoms with Gasteiger partial charge in [0.1, 0.15) is 5.75 Å². The fourth-order valence-corrected chi connectivity index (χ4v) is 3.10. The third-order valence-corrected chi connectivity index (χ3v) is 4.27. The molecule has 0 saturated heterocycles. The molecular formula is C13H18BrNO2. The average molecular weight is 300 g/mol. The van der Waals surface area contributed by atoms with Crippen LogP contribution in [0, 0.1) is 0 Å². The molecule has 3 nitrogen and oxygen atoms in total. The lowest BCUT2D eigenvalue weighted by Crippen LogP contribution is -2.12. The predicted molar refractivity (Wildman–Crippen MR) is 71.1 cm³/mol. The Bertz CT molecular complexity index is 420. The maximum atomic E-state index is 10.1. The van der Waals surface area contributed by atoms with Gasteiger partial charge in [-0.1, -0.05) is 6.42 Å². The zero-order valence-electron chi connectivity index (χ0n) is 9.75. The summed E-state index contributed by atoms with van der Waals surface area (Å²) < 4.78 is 0.736. The van der Waals surface area contributed by atoms with Gasteiger partial charge in [0.15, 0.2) is 0 Å². The molecule has 0 fully saturated rings. The van der Waals surface area contributed by atoms with Crippen LogP contribution in [-0.4, -0.2) is 16.8 Å². The van der Waals surface area contributed by atoms with Crippen molar-refractivity contribution in [3.8, 4) is 5.75 Å². The number of hydrogen-bond donors (Lipinski definition) is 3. The highest BCUT2D eigenvalue weighted by Gasteiger charge is 2.20. The normalized spacial score (nSPS) is 17.4. The molecule has 0 saturated carbocycles. The summed E-state index contributed by atoms with van der Waals surface area (Å²) in [5, 5.41) is 19.9. The number of aliphatic hydroxyl groups excluding tert-OH is 1. The zero-order chi connectivity index (χ0) is 12.4. The van der Waals surface area contributed by atoms with Crippen LogP contribution in [0.2, 0.25) is 0 Å². The fourth-order valence-electron chi connectivity index (χ4n) is 2.42. The molecule has 1 aromatic carbocycles. The predicted octanol–water partition coefficient (Wildman–Crippen LogP) is 2.42. The molecule has 1 aromatic rings. The molecule has 0 aromatic heterocycles. The van der Waals surface area contributed by atoms with Crippen LogP contribution in [-0.2, 0) is 12.8 Å². The van der Waals surface area contributed by atoms with Crippen molar-refractivity contribution in [1.82, 2.24) is 0 Å². The molecular weight excluding hydrogens is 282 g/mol. The lowest BCUT2D eigenvalue weighted by Gasteiger charge is -2.17. The lowest BCUT2D eigenvalue weighted by atomic mass is 9.96. The van der Waals surface area contributed by atoms with Crippen molar-refractivity contribution in [2.75, 3.05) is 6.54 Å². The third kappa shape index (κ3) is 2.49. The number of aliphatic hydroxyl groups is 1. The van der Waals surface area contributed by atoms with Crippen molar-refractivity contribution in [2.24, 2.45) is 5.73 Å². The van der Waals surface area contributed by atoms with Crippen LogP contribution in [0.25, 0.3) is 0 Å². The highest BCUT2D eigenvalue weighted by molar-refractivity contribution is 9.10. The summed E-state index contributed by atoms with van der Waals surface area (Å²) in [6, 6.07) is 1.91. The lowest BCUT2D eigenvalue weighted by molar-refractivity contribution is 0.182. The van der Waals surface area contributed by atoms with Crippen LogP contribution in [0.4, 0.5) is 0 Å². The third-order valence-electron chi connectivity index (χ3n) is 3.42. The second-order valence-corrected chi connectivity index (χ2v) is 5.37. The molecule has 0 heterocycles. The highest BCUT2D eigenvalue weighted by Crippen LogP contribution is 2.39. The van der Waals surface area contributed by atoms with Gasteiger partial charge in [0.25, 0.3) is 0 Å². The van der Waals surface area contributed by atoms with E-state index in [1.54, 1.807) is 0 Å². The van der Waals surface area contributed by atoms with Gasteiger partial charge in [-0.2, -0.15) is 0 Å². The summed E-state index contributed by atoms with van der Waals surface area (Å²) in [5.74, 6) is 0.142. The Labute approximate surface area is 110 Å². The number of halogens is 1. The van der Waals surface area contributed by atoms with E-state index in [2.05, 4.69) is 15.9 Å². The molecule has 1 atom stereocenters. The Morgan fingerprint density at radius 2 is 2.00 bits per heavy atom. The topological polar surface area (TPSA) is 66.5 Å². The molecule has 0 radical (unpaired) electrons. The number of benzene rings is 1. The van der Waals surface area contributed by atoms with Gasteiger partial charge in [-0.15, -0.1) is 0 Å². The quantitative estimate of drug-likeness (QED) is 0.735. The molecule has 1 aliphatic rings. The van der Waals surface area contributed by atoms with E-state index in [0.29, 0.717) is 5.56 Å². The number of fused-ring (bicyclic) bond motifs is 1. The van der Waals surface area contributed by atoms with Gasteiger partial charge < -0.3 is 15.9 Å². The Hall–Kier alpha value is -0.580. The summed E-state index contributed by atoms with van der Waals surface area (Å²) in [7, 11) is 0. The van der Waals surface area contributed by atoms with E-state index in [1.165, 1.54) is 24.0 Å². The number of phenolic OH excluding ortho intramolecular Hbond substituents is 1. The summed E-state index contributed by atoms with van der Waals surface area (Å²) in [6.45, 7) is 0.124. The minimum atomic E-state index is -0.792. The average Bonchev–Trinajstić information content (AvgIpc) is 2.58. The first kappa shape index (κ1) is 12.9. The molecule has 94 valence electrons. The second kappa shape index (κ2) is 5.38. The fraction of sp³-hybridized carbons (Fsp3) is 0.538. The van der Waals surface area contributed by atoms with Crippen molar-refractivity contribution in [3.05, 3.63) is 27.2 Å². The molecule has 0 spiro atoms. The maximum Gasteiger partial charge on any atom is 0.135 e. The number of hydrogen-bond acceptors (Lipinski definition) is 3. The smallest absolute Gasteiger partial charge is 0.135 e. The molecule has 4 N–H and O–H groups in total. The molecule has 1 aliphatic carbocycles. The van der Waals surface area contributed by atoms with Crippen molar-refractivity contribution < 1.29 is 10.2 Å². The summed E-state index contributed by atoms with van der Waals surface area (Å²) >= 11 is 3.45. The number of nitrogens with two attached hydrogens (primary N) is 1. The number of aromatic hydroxyl groups is 1. The minimum absolute atomic E-state index is 0.124. The first-order chi connectivity index (χ1) is 8.15. The van der Waals surface area contributed by atoms with E-state index in [-0.39, 0.29) is 12.3 Å². The Balaban J connectivity index is 2.51. The largest absolute Gasteiger partial charge is 0.506 e. The van der Waals surface area contributed by atoms with Crippen molar-refractivity contribution >= 4 is 15.9 Å². The first-order valence-corrected chi connectivity index (χ1v) is 6.85. The molecule has 2 rings (SSSR count). The van der Waals surface area contributed by atoms with Crippen molar-refractivity contribution in [3.63, 3.8) is 0 Å². The molecule has 1 unspecified atom stereocenters. The van der Waals surface area contributed by atoms with Crippen molar-refractivity contribution in [2.45, 2.75) is 38.2 Å². The standard InChI is InChI=1S/C13H18BrNO2/c14-12-9-5-3-1-2-4-8(9)6-10(13(12)17)11(16)7-15/h6,11,16-17H,1-5,7,15H2. The van der Waals surface area contributed by atoms with E-state index < -0.39 is 6.10 Å². The minimum Gasteiger partial charge on any atom is -0.506 e. The van der Waals surface area contributed by atoms with E-state index in [9.17, 15) is 10.2 Å². The van der Waals surface area contributed by atoms with Crippen LogP contribution in [0.15, 0.2) is 10.5 Å². The van der Waals surface area contributed by atoms with E-state index in [1.807, 2.05) is 6.07 Å². The van der Waals surface area contributed by atoms with Gasteiger partial charge in [0.05, 0.1) is 10.6 Å². The van der Waals surface area contributed by atoms with Crippen molar-refractivity contribution in [1.29, 1.82) is 0 Å². The summed E-state index contributed by atoms with van der Waals surface area (Å²) in [5.41, 5.74) is 8.41. The van der Waals surface area contributed by atoms with Gasteiger partial charge in [-0.3, -0.25) is 0 Å². The Morgan fingerprint density at radius 3 is 2.71 bits per heavy atom. The molecule has 0 aliphatic heterocycles. The molecule has 4 heteroatoms. The van der Waals surface area contributed by atoms with E-state index >= 15 is 0 Å². The van der Waals surface area contributed by atoms with Gasteiger partial charge >= 0.3 is 0 Å². The van der Waals surface area contributed by atoms with Crippen LogP contribution in [0.3, 0.4) is 0 Å². The van der Waals surface area contributed by atoms with E-state index in [4.69, 9.17) is 5.73 Å². The Kier molecular flexibility index (Phi) is 4.07. The summed E-state index contributed by atoms with van der Waals surface area (Å²) in [6.07, 6.45) is 4.75. The Morgan fingerprint density at radius 1 is 1.29 bits per heavy atom. The summed E-state index contributed by atoms with van der Waals surface area (Å²) in [4.78, 5) is 0. The zero-order valence-corrected chi connectivity index (χ0v) is 11.3. The van der Waals surface area contributed by atoms with Crippen LogP contribution in [0.5, 0.6) is 5.75 Å². The SMILES string of the molecule is NCC(O)c1cc2c(c(Br)c1O)CCCCC2. The number of aryl methyl sites for hydroxylation is 1. The first-order valence-electron chi connectivity index (χ1n) is 6.06. The highest BCUT2D eigenvalue weighted by atomic mass is 79.9. The van der Waals surface area contributed by atoms with Gasteiger partial charge in [0, 0.05) is 12.1 Å². The van der Waals surface area contributed by atoms with Gasteiger partial charge in [-0.25, -0.2) is 0 Å². The molecule has 0 bridgehead atoms. The number of rotatable bonds is 2. The monoisotopic (exact) mass is 299 g/mol. The number of phenols is 1. The van der Waals surface area contributed by atoms with E-state index in [0.717, 1.165) is 23.7 Å². The van der Waals surface area contributed by atoms with Crippen LogP contribution in [0.1, 0.15) is 42.1 Å². The van der Waals surface area contributed by atoms with Crippen LogP contribution >= 0.6 is 15.9 Å². The van der Waals surface area contributed by atoms with Gasteiger partial charge in [-0.05, 0) is 58.8 Å². The van der Waals surface area contributed by atoms with Crippen LogP contribution < -0.4 is 5.73 Å². The second-order valence-electron chi connectivity index (χ2n) is 4.58.